The Labute approximate surface area is 132 Å². The standard InChI is InChI=1S/C18H14BrNO/c19-14-7-1-5-13(10-14)16-11-17(21)20-9-3-6-12-4-2-8-15(16)18(12)20/h1-8,10,16H,9,11H2. The van der Waals surface area contributed by atoms with Crippen molar-refractivity contribution < 1.29 is 4.79 Å². The van der Waals surface area contributed by atoms with Gasteiger partial charge in [0, 0.05) is 23.4 Å². The van der Waals surface area contributed by atoms with Gasteiger partial charge < -0.3 is 4.90 Å². The molecule has 2 nitrogen and oxygen atoms in total. The van der Waals surface area contributed by atoms with Gasteiger partial charge >= 0.3 is 0 Å². The van der Waals surface area contributed by atoms with Gasteiger partial charge in [-0.05, 0) is 28.8 Å². The van der Waals surface area contributed by atoms with E-state index in [2.05, 4.69) is 58.4 Å². The van der Waals surface area contributed by atoms with Crippen LogP contribution in [0, 0.1) is 0 Å². The van der Waals surface area contributed by atoms with Crippen LogP contribution in [0.3, 0.4) is 0 Å². The van der Waals surface area contributed by atoms with E-state index in [4.69, 9.17) is 0 Å². The molecule has 0 saturated heterocycles. The molecule has 1 atom stereocenters. The predicted octanol–water partition coefficient (Wildman–Crippen LogP) is 4.34. The van der Waals surface area contributed by atoms with Crippen LogP contribution in [0.1, 0.15) is 29.0 Å². The van der Waals surface area contributed by atoms with Crippen molar-refractivity contribution in [2.45, 2.75) is 12.3 Å². The Bertz CT molecular complexity index is 766. The van der Waals surface area contributed by atoms with Crippen LogP contribution >= 0.6 is 15.9 Å². The van der Waals surface area contributed by atoms with Crippen molar-refractivity contribution in [2.75, 3.05) is 11.4 Å². The molecule has 1 unspecified atom stereocenters. The average Bonchev–Trinajstić information content (AvgIpc) is 2.51. The minimum absolute atomic E-state index is 0.146. The lowest BCUT2D eigenvalue weighted by Gasteiger charge is -2.36. The van der Waals surface area contributed by atoms with E-state index in [9.17, 15) is 4.79 Å². The van der Waals surface area contributed by atoms with Crippen molar-refractivity contribution in [1.82, 2.24) is 0 Å². The largest absolute Gasteiger partial charge is 0.308 e. The molecule has 2 aromatic carbocycles. The van der Waals surface area contributed by atoms with Gasteiger partial charge in [0.2, 0.25) is 5.91 Å². The SMILES string of the molecule is O=C1CC(c2cccc(Br)c2)c2cccc3c2N1CC=C3. The second-order valence-electron chi connectivity index (χ2n) is 5.50. The summed E-state index contributed by atoms with van der Waals surface area (Å²) >= 11 is 3.53. The van der Waals surface area contributed by atoms with Crippen LogP contribution in [0.5, 0.6) is 0 Å². The first-order valence-electron chi connectivity index (χ1n) is 7.09. The molecule has 21 heavy (non-hydrogen) atoms. The van der Waals surface area contributed by atoms with Crippen LogP contribution < -0.4 is 4.90 Å². The van der Waals surface area contributed by atoms with Gasteiger partial charge in [-0.15, -0.1) is 0 Å². The highest BCUT2D eigenvalue weighted by Gasteiger charge is 2.33. The average molecular weight is 340 g/mol. The summed E-state index contributed by atoms with van der Waals surface area (Å²) in [5.41, 5.74) is 4.70. The van der Waals surface area contributed by atoms with Crippen molar-refractivity contribution in [3.8, 4) is 0 Å². The number of benzene rings is 2. The van der Waals surface area contributed by atoms with Gasteiger partial charge in [-0.3, -0.25) is 4.79 Å². The Hall–Kier alpha value is -1.87. The lowest BCUT2D eigenvalue weighted by molar-refractivity contribution is -0.119. The van der Waals surface area contributed by atoms with Crippen LogP contribution in [0.15, 0.2) is 53.0 Å². The summed E-state index contributed by atoms with van der Waals surface area (Å²) in [4.78, 5) is 14.4. The molecule has 0 fully saturated rings. The number of halogens is 1. The maximum absolute atomic E-state index is 12.5. The molecule has 0 bridgehead atoms. The van der Waals surface area contributed by atoms with Crippen LogP contribution in [0.2, 0.25) is 0 Å². The van der Waals surface area contributed by atoms with Crippen LogP contribution in [0.4, 0.5) is 5.69 Å². The summed E-state index contributed by atoms with van der Waals surface area (Å²) < 4.78 is 1.06. The maximum Gasteiger partial charge on any atom is 0.228 e. The van der Waals surface area contributed by atoms with Crippen molar-refractivity contribution in [1.29, 1.82) is 0 Å². The third-order valence-corrected chi connectivity index (χ3v) is 4.75. The Kier molecular flexibility index (Phi) is 2.96. The Morgan fingerprint density at radius 2 is 2.00 bits per heavy atom. The fraction of sp³-hybridized carbons (Fsp3) is 0.167. The second kappa shape index (κ2) is 4.85. The van der Waals surface area contributed by atoms with E-state index in [0.29, 0.717) is 13.0 Å². The monoisotopic (exact) mass is 339 g/mol. The van der Waals surface area contributed by atoms with Crippen LogP contribution in [-0.4, -0.2) is 12.5 Å². The van der Waals surface area contributed by atoms with Crippen molar-refractivity contribution >= 4 is 33.6 Å². The summed E-state index contributed by atoms with van der Waals surface area (Å²) in [6, 6.07) is 14.6. The van der Waals surface area contributed by atoms with Crippen molar-refractivity contribution in [3.63, 3.8) is 0 Å². The molecule has 2 heterocycles. The fourth-order valence-electron chi connectivity index (χ4n) is 3.33. The highest BCUT2D eigenvalue weighted by atomic mass is 79.9. The number of amides is 1. The minimum Gasteiger partial charge on any atom is -0.308 e. The number of carbonyl (C=O) groups excluding carboxylic acids is 1. The van der Waals surface area contributed by atoms with E-state index >= 15 is 0 Å². The minimum atomic E-state index is 0.146. The number of nitrogens with zero attached hydrogens (tertiary/aromatic N) is 1. The zero-order chi connectivity index (χ0) is 14.4. The van der Waals surface area contributed by atoms with Crippen LogP contribution in [0.25, 0.3) is 6.08 Å². The van der Waals surface area contributed by atoms with E-state index in [1.165, 1.54) is 11.1 Å². The van der Waals surface area contributed by atoms with Gasteiger partial charge in [0.25, 0.3) is 0 Å². The molecule has 0 aliphatic carbocycles. The molecule has 2 aromatic rings. The molecule has 0 aromatic heterocycles. The molecule has 104 valence electrons. The van der Waals surface area contributed by atoms with Gasteiger partial charge in [0.1, 0.15) is 0 Å². The zero-order valence-electron chi connectivity index (χ0n) is 11.4. The summed E-state index contributed by atoms with van der Waals surface area (Å²) in [5, 5.41) is 0. The van der Waals surface area contributed by atoms with E-state index in [-0.39, 0.29) is 11.8 Å². The quantitative estimate of drug-likeness (QED) is 0.756. The van der Waals surface area contributed by atoms with Crippen LogP contribution in [-0.2, 0) is 4.79 Å². The Morgan fingerprint density at radius 1 is 1.14 bits per heavy atom. The molecule has 2 aliphatic rings. The Balaban J connectivity index is 1.92. The first-order chi connectivity index (χ1) is 10.2. The third kappa shape index (κ3) is 2.04. The summed E-state index contributed by atoms with van der Waals surface area (Å²) in [6.07, 6.45) is 4.72. The van der Waals surface area contributed by atoms with E-state index in [1.54, 1.807) is 0 Å². The molecule has 2 aliphatic heterocycles. The van der Waals surface area contributed by atoms with E-state index < -0.39 is 0 Å². The molecule has 0 spiro atoms. The third-order valence-electron chi connectivity index (χ3n) is 4.26. The van der Waals surface area contributed by atoms with Crippen molar-refractivity contribution in [3.05, 3.63) is 69.7 Å². The maximum atomic E-state index is 12.5. The number of hydrogen-bond donors (Lipinski definition) is 0. The topological polar surface area (TPSA) is 20.3 Å². The lowest BCUT2D eigenvalue weighted by Crippen LogP contribution is -2.38. The first kappa shape index (κ1) is 12.8. The van der Waals surface area contributed by atoms with E-state index in [0.717, 1.165) is 15.7 Å². The van der Waals surface area contributed by atoms with Gasteiger partial charge in [-0.2, -0.15) is 0 Å². The normalized spacial score (nSPS) is 19.6. The molecule has 0 radical (unpaired) electrons. The molecular weight excluding hydrogens is 326 g/mol. The molecule has 1 amide bonds. The number of para-hydroxylation sites is 1. The Morgan fingerprint density at radius 3 is 2.86 bits per heavy atom. The zero-order valence-corrected chi connectivity index (χ0v) is 13.0. The summed E-state index contributed by atoms with van der Waals surface area (Å²) in [6.45, 7) is 0.689. The van der Waals surface area contributed by atoms with Gasteiger partial charge in [0.15, 0.2) is 0 Å². The highest BCUT2D eigenvalue weighted by molar-refractivity contribution is 9.10. The number of carbonyl (C=O) groups is 1. The summed E-state index contributed by atoms with van der Waals surface area (Å²) in [5.74, 6) is 0.358. The molecule has 3 heteroatoms. The number of rotatable bonds is 1. The highest BCUT2D eigenvalue weighted by Crippen LogP contribution is 2.43. The number of anilines is 1. The molecule has 4 rings (SSSR count). The van der Waals surface area contributed by atoms with Gasteiger partial charge in [0.05, 0.1) is 5.69 Å². The molecule has 0 N–H and O–H groups in total. The predicted molar refractivity (Wildman–Crippen MR) is 88.4 cm³/mol. The van der Waals surface area contributed by atoms with E-state index in [1.807, 2.05) is 17.0 Å². The van der Waals surface area contributed by atoms with Gasteiger partial charge in [-0.1, -0.05) is 58.4 Å². The smallest absolute Gasteiger partial charge is 0.228 e. The first-order valence-corrected chi connectivity index (χ1v) is 7.88. The fourth-order valence-corrected chi connectivity index (χ4v) is 3.74. The second-order valence-corrected chi connectivity index (χ2v) is 6.42. The lowest BCUT2D eigenvalue weighted by atomic mass is 9.82. The number of hydrogen-bond acceptors (Lipinski definition) is 1. The van der Waals surface area contributed by atoms with Crippen molar-refractivity contribution in [2.24, 2.45) is 0 Å². The molecule has 0 saturated carbocycles. The molecular formula is C18H14BrNO. The summed E-state index contributed by atoms with van der Waals surface area (Å²) in [7, 11) is 0. The van der Waals surface area contributed by atoms with Gasteiger partial charge in [-0.25, -0.2) is 0 Å².